The molecular formula is H2IO3P. The van der Waals surface area contributed by atoms with Crippen LogP contribution >= 0.6 is 27.3 Å². The first-order chi connectivity index (χ1) is 2.00. The van der Waals surface area contributed by atoms with Gasteiger partial charge in [0.15, 0.2) is 0 Å². The fourth-order valence-electron chi connectivity index (χ4n) is 0. The van der Waals surface area contributed by atoms with E-state index in [2.05, 4.69) is 0 Å². The average Bonchev–Trinajstić information content (AvgIpc) is 0.722. The van der Waals surface area contributed by atoms with Gasteiger partial charge in [0.05, 0.1) is 22.0 Å². The maximum Gasteiger partial charge on any atom is 0.383 e. The standard InChI is InChI=1S/H2IO3P/c1-5(2,3)4/h(H2,2,3,4). The smallest absolute Gasteiger partial charge is 0.317 e. The predicted molar refractivity (Wildman–Crippen MR) is 26.1 cm³/mol. The molecule has 0 aromatic carbocycles. The Morgan fingerprint density at radius 3 is 1.60 bits per heavy atom. The summed E-state index contributed by atoms with van der Waals surface area (Å²) in [4.78, 5) is 15.2. The van der Waals surface area contributed by atoms with Crippen molar-refractivity contribution in [3.05, 3.63) is 0 Å². The molecule has 32 valence electrons. The third kappa shape index (κ3) is 52.3. The van der Waals surface area contributed by atoms with Crippen LogP contribution in [0.5, 0.6) is 0 Å². The van der Waals surface area contributed by atoms with Crippen LogP contribution in [0.2, 0.25) is 0 Å². The van der Waals surface area contributed by atoms with Crippen molar-refractivity contribution in [3.8, 4) is 0 Å². The van der Waals surface area contributed by atoms with Gasteiger partial charge in [-0.2, -0.15) is 0 Å². The summed E-state index contributed by atoms with van der Waals surface area (Å²) < 4.78 is 9.31. The van der Waals surface area contributed by atoms with Gasteiger partial charge in [-0.1, -0.05) is 0 Å². The summed E-state index contributed by atoms with van der Waals surface area (Å²) in [6, 6.07) is 0. The van der Waals surface area contributed by atoms with Gasteiger partial charge in [0.1, 0.15) is 0 Å². The van der Waals surface area contributed by atoms with E-state index in [0.717, 1.165) is 22.0 Å². The number of hydrogen-bond donors (Lipinski definition) is 2. The lowest BCUT2D eigenvalue weighted by Gasteiger charge is -1.81. The molecule has 0 aromatic heterocycles. The van der Waals surface area contributed by atoms with Crippen LogP contribution in [-0.2, 0) is 4.57 Å². The zero-order valence-electron chi connectivity index (χ0n) is 2.13. The molecule has 0 unspecified atom stereocenters. The normalized spacial score (nSPS) is 11.8. The van der Waals surface area contributed by atoms with Gasteiger partial charge in [0.25, 0.3) is 0 Å². The molecule has 0 aliphatic rings. The largest absolute Gasteiger partial charge is 0.383 e. The summed E-state index contributed by atoms with van der Waals surface area (Å²) in [7, 11) is 0. The summed E-state index contributed by atoms with van der Waals surface area (Å²) in [5.74, 6) is 0. The van der Waals surface area contributed by atoms with Crippen LogP contribution in [0, 0.1) is 0 Å². The molecule has 0 amide bonds. The van der Waals surface area contributed by atoms with Gasteiger partial charge in [-0.05, 0) is 0 Å². The maximum absolute atomic E-state index is 9.31. The molecule has 0 spiro atoms. The Morgan fingerprint density at radius 2 is 1.60 bits per heavy atom. The Morgan fingerprint density at radius 1 is 1.60 bits per heavy atom. The minimum absolute atomic E-state index is 1.04. The highest BCUT2D eigenvalue weighted by Crippen LogP contribution is 2.44. The fraction of sp³-hybridized carbons (Fsp3) is 0. The molecule has 0 aliphatic heterocycles. The van der Waals surface area contributed by atoms with Crippen molar-refractivity contribution in [2.45, 2.75) is 0 Å². The molecule has 0 heterocycles. The van der Waals surface area contributed by atoms with E-state index in [1.165, 1.54) is 0 Å². The van der Waals surface area contributed by atoms with Gasteiger partial charge in [0, 0.05) is 0 Å². The van der Waals surface area contributed by atoms with E-state index in [-0.39, 0.29) is 0 Å². The molecule has 2 N–H and O–H groups in total. The van der Waals surface area contributed by atoms with Gasteiger partial charge >= 0.3 is 5.24 Å². The van der Waals surface area contributed by atoms with Gasteiger partial charge < -0.3 is 9.79 Å². The van der Waals surface area contributed by atoms with Crippen LogP contribution in [0.1, 0.15) is 0 Å². The molecule has 0 aromatic rings. The second-order valence-corrected chi connectivity index (χ2v) is 5.19. The second kappa shape index (κ2) is 1.55. The summed E-state index contributed by atoms with van der Waals surface area (Å²) in [5.41, 5.74) is 0. The third-order valence-corrected chi connectivity index (χ3v) is 0. The SMILES string of the molecule is O=P(O)(O)I. The number of halogens is 1. The number of rotatable bonds is 0. The quantitative estimate of drug-likeness (QED) is 0.450. The molecule has 0 saturated heterocycles. The Hall–Kier alpha value is 0.880. The van der Waals surface area contributed by atoms with Crippen molar-refractivity contribution in [2.24, 2.45) is 0 Å². The topological polar surface area (TPSA) is 57.5 Å². The van der Waals surface area contributed by atoms with E-state index in [1.807, 2.05) is 0 Å². The van der Waals surface area contributed by atoms with Crippen LogP contribution in [0.3, 0.4) is 0 Å². The molecule has 5 heteroatoms. The van der Waals surface area contributed by atoms with Crippen molar-refractivity contribution in [1.82, 2.24) is 0 Å². The first-order valence-electron chi connectivity index (χ1n) is 0.752. The molecule has 0 aliphatic carbocycles. The molecule has 0 atom stereocenters. The Labute approximate surface area is 42.0 Å². The second-order valence-electron chi connectivity index (χ2n) is 0.473. The third-order valence-electron chi connectivity index (χ3n) is 0. The first kappa shape index (κ1) is 5.88. The Bertz CT molecular complexity index is 53.0. The van der Waals surface area contributed by atoms with E-state index >= 15 is 0 Å². The lowest BCUT2D eigenvalue weighted by Crippen LogP contribution is -1.52. The molecule has 3 nitrogen and oxygen atoms in total. The van der Waals surface area contributed by atoms with Crippen molar-refractivity contribution in [3.63, 3.8) is 0 Å². The predicted octanol–water partition coefficient (Wildman–Crippen LogP) is 0.514. The van der Waals surface area contributed by atoms with Crippen LogP contribution in [0.4, 0.5) is 0 Å². The van der Waals surface area contributed by atoms with Gasteiger partial charge in [-0.15, -0.1) is 0 Å². The zero-order valence-corrected chi connectivity index (χ0v) is 5.18. The summed E-state index contributed by atoms with van der Waals surface area (Å²) in [6.07, 6.45) is 0. The first-order valence-corrected chi connectivity index (χ1v) is 5.15. The van der Waals surface area contributed by atoms with E-state index < -0.39 is 5.24 Å². The molecule has 0 saturated carbocycles. The van der Waals surface area contributed by atoms with Crippen molar-refractivity contribution >= 4 is 27.3 Å². The van der Waals surface area contributed by atoms with Gasteiger partial charge in [-0.3, -0.25) is 0 Å². The monoisotopic (exact) mass is 208 g/mol. The molecule has 0 bridgehead atoms. The fourth-order valence-corrected chi connectivity index (χ4v) is 0. The Balaban J connectivity index is 3.47. The van der Waals surface area contributed by atoms with E-state index in [9.17, 15) is 4.57 Å². The minimum atomic E-state index is -3.67. The zero-order chi connectivity index (χ0) is 4.50. The van der Waals surface area contributed by atoms with E-state index in [0.29, 0.717) is 0 Å². The highest BCUT2D eigenvalue weighted by molar-refractivity contribution is 14.2. The average molecular weight is 208 g/mol. The van der Waals surface area contributed by atoms with E-state index in [1.54, 1.807) is 0 Å². The highest BCUT2D eigenvalue weighted by Gasteiger charge is 1.99. The highest BCUT2D eigenvalue weighted by atomic mass is 127. The minimum Gasteiger partial charge on any atom is -0.317 e. The van der Waals surface area contributed by atoms with Crippen LogP contribution in [0.25, 0.3) is 0 Å². The number of hydrogen-bond acceptors (Lipinski definition) is 1. The van der Waals surface area contributed by atoms with Gasteiger partial charge in [0.2, 0.25) is 0 Å². The van der Waals surface area contributed by atoms with Crippen molar-refractivity contribution < 1.29 is 14.4 Å². The molecule has 0 radical (unpaired) electrons. The lowest BCUT2D eigenvalue weighted by molar-refractivity contribution is 0.401. The summed E-state index contributed by atoms with van der Waals surface area (Å²) in [6.45, 7) is 0. The Kier molecular flexibility index (Phi) is 1.83. The maximum atomic E-state index is 9.31. The molecular weight excluding hydrogens is 206 g/mol. The van der Waals surface area contributed by atoms with Crippen molar-refractivity contribution in [1.29, 1.82) is 0 Å². The van der Waals surface area contributed by atoms with Crippen LogP contribution in [0.15, 0.2) is 0 Å². The molecule has 5 heavy (non-hydrogen) atoms. The van der Waals surface area contributed by atoms with E-state index in [4.69, 9.17) is 9.79 Å². The van der Waals surface area contributed by atoms with Crippen LogP contribution < -0.4 is 0 Å². The summed E-state index contributed by atoms with van der Waals surface area (Å²) >= 11 is 1.04. The lowest BCUT2D eigenvalue weighted by atomic mass is 15.8. The van der Waals surface area contributed by atoms with Crippen molar-refractivity contribution in [2.75, 3.05) is 0 Å². The van der Waals surface area contributed by atoms with Gasteiger partial charge in [-0.25, -0.2) is 4.57 Å². The molecule has 0 fully saturated rings. The summed E-state index contributed by atoms with van der Waals surface area (Å²) in [5, 5.41) is -3.67. The van der Waals surface area contributed by atoms with Crippen LogP contribution in [-0.4, -0.2) is 9.79 Å². The molecule has 0 rings (SSSR count).